The normalized spacial score (nSPS) is 11.1. The first-order valence-electron chi connectivity index (χ1n) is 6.19. The van der Waals surface area contributed by atoms with Crippen LogP contribution in [0.25, 0.3) is 0 Å². The second kappa shape index (κ2) is 8.16. The molecule has 1 aromatic rings. The predicted molar refractivity (Wildman–Crippen MR) is 80.2 cm³/mol. The Labute approximate surface area is 128 Å². The average Bonchev–Trinajstić information content (AvgIpc) is 2.38. The Balaban J connectivity index is 2.39. The van der Waals surface area contributed by atoms with E-state index in [0.29, 0.717) is 5.75 Å². The number of rotatable bonds is 8. The van der Waals surface area contributed by atoms with Crippen molar-refractivity contribution in [1.29, 1.82) is 0 Å². The number of nitrogens with two attached hydrogens (primary N) is 1. The molecule has 0 aliphatic heterocycles. The lowest BCUT2D eigenvalue weighted by atomic mass is 10.2. The fourth-order valence-corrected chi connectivity index (χ4v) is 2.86. The molecule has 116 valence electrons. The molecule has 0 aliphatic rings. The molecule has 0 saturated carbocycles. The van der Waals surface area contributed by atoms with Crippen LogP contribution < -0.4 is 5.14 Å². The minimum absolute atomic E-state index is 0.0506. The molecule has 21 heavy (non-hydrogen) atoms. The molecule has 0 aliphatic carbocycles. The second-order valence-corrected chi connectivity index (χ2v) is 6.75. The zero-order valence-corrected chi connectivity index (χ0v) is 13.2. The molecular weight excluding hydrogens is 314 g/mol. The lowest BCUT2D eigenvalue weighted by Gasteiger charge is -2.03. The fraction of sp³-hybridized carbons (Fsp3) is 0.385. The van der Waals surface area contributed by atoms with Gasteiger partial charge in [0.15, 0.2) is 5.78 Å². The number of benzene rings is 1. The van der Waals surface area contributed by atoms with E-state index in [2.05, 4.69) is 4.74 Å². The first-order valence-corrected chi connectivity index (χ1v) is 8.90. The van der Waals surface area contributed by atoms with E-state index in [0.717, 1.165) is 5.56 Å². The van der Waals surface area contributed by atoms with Crippen LogP contribution in [0.2, 0.25) is 0 Å². The maximum atomic E-state index is 11.5. The highest BCUT2D eigenvalue weighted by molar-refractivity contribution is 7.99. The van der Waals surface area contributed by atoms with Crippen LogP contribution in [-0.2, 0) is 30.1 Å². The minimum atomic E-state index is -3.68. The molecular formula is C13H17NO5S2. The van der Waals surface area contributed by atoms with Crippen molar-refractivity contribution in [3.63, 3.8) is 0 Å². The van der Waals surface area contributed by atoms with Crippen molar-refractivity contribution < 1.29 is 22.7 Å². The highest BCUT2D eigenvalue weighted by Crippen LogP contribution is 2.15. The van der Waals surface area contributed by atoms with Crippen molar-refractivity contribution in [3.8, 4) is 0 Å². The number of hydrogen-bond acceptors (Lipinski definition) is 6. The zero-order chi connectivity index (χ0) is 15.9. The van der Waals surface area contributed by atoms with Gasteiger partial charge in [0.1, 0.15) is 6.42 Å². The molecule has 0 amide bonds. The van der Waals surface area contributed by atoms with E-state index in [1.807, 2.05) is 0 Å². The highest BCUT2D eigenvalue weighted by Gasteiger charge is 2.11. The molecule has 1 aromatic carbocycles. The number of thioether (sulfide) groups is 1. The molecule has 0 bridgehead atoms. The summed E-state index contributed by atoms with van der Waals surface area (Å²) in [4.78, 5) is 22.6. The van der Waals surface area contributed by atoms with Crippen molar-refractivity contribution in [3.05, 3.63) is 29.8 Å². The third kappa shape index (κ3) is 6.74. The molecule has 8 heteroatoms. The third-order valence-electron chi connectivity index (χ3n) is 2.43. The van der Waals surface area contributed by atoms with E-state index in [9.17, 15) is 18.0 Å². The maximum absolute atomic E-state index is 11.5. The number of ketones is 1. The summed E-state index contributed by atoms with van der Waals surface area (Å²) in [5, 5.41) is 5.00. The summed E-state index contributed by atoms with van der Waals surface area (Å²) in [6.45, 7) is 1.94. The summed E-state index contributed by atoms with van der Waals surface area (Å²) in [6.07, 6.45) is -0.217. The van der Waals surface area contributed by atoms with E-state index in [4.69, 9.17) is 5.14 Å². The first-order chi connectivity index (χ1) is 9.82. The van der Waals surface area contributed by atoms with E-state index in [1.165, 1.54) is 23.9 Å². The predicted octanol–water partition coefficient (Wildman–Crippen LogP) is 1.09. The summed E-state index contributed by atoms with van der Waals surface area (Å²) in [7, 11) is -3.68. The van der Waals surface area contributed by atoms with Gasteiger partial charge in [0.05, 0.1) is 17.3 Å². The van der Waals surface area contributed by atoms with E-state index >= 15 is 0 Å². The summed E-state index contributed by atoms with van der Waals surface area (Å²) >= 11 is 1.35. The van der Waals surface area contributed by atoms with Crippen molar-refractivity contribution in [2.45, 2.75) is 24.0 Å². The van der Waals surface area contributed by atoms with Gasteiger partial charge in [-0.25, -0.2) is 13.6 Å². The number of ether oxygens (including phenoxy) is 1. The monoisotopic (exact) mass is 331 g/mol. The van der Waals surface area contributed by atoms with Gasteiger partial charge in [-0.05, 0) is 24.6 Å². The highest BCUT2D eigenvalue weighted by atomic mass is 32.2. The Morgan fingerprint density at radius 2 is 1.86 bits per heavy atom. The van der Waals surface area contributed by atoms with Gasteiger partial charge in [-0.1, -0.05) is 12.1 Å². The number of carbonyl (C=O) groups is 2. The van der Waals surface area contributed by atoms with Crippen LogP contribution in [0.1, 0.15) is 18.9 Å². The molecule has 2 N–H and O–H groups in total. The fourth-order valence-electron chi connectivity index (χ4n) is 1.48. The zero-order valence-electron chi connectivity index (χ0n) is 11.6. The number of Topliss-reactive ketones (excluding diaryl/α,β-unsaturated/α-hetero) is 1. The number of carbonyl (C=O) groups excluding carboxylic acids is 2. The lowest BCUT2D eigenvalue weighted by Crippen LogP contribution is -2.13. The van der Waals surface area contributed by atoms with Gasteiger partial charge in [0, 0.05) is 5.75 Å². The molecule has 0 aromatic heterocycles. The maximum Gasteiger partial charge on any atom is 0.313 e. The standard InChI is InChI=1S/C13H17NO5S2/c1-2-19-13(16)7-11(15)9-20-8-10-3-5-12(6-4-10)21(14,17)18/h3-6H,2,7-9H2,1H3,(H2,14,17,18). The third-order valence-corrected chi connectivity index (χ3v) is 4.42. The molecule has 1 rings (SSSR count). The minimum Gasteiger partial charge on any atom is -0.466 e. The smallest absolute Gasteiger partial charge is 0.313 e. The van der Waals surface area contributed by atoms with Crippen LogP contribution in [0.15, 0.2) is 29.2 Å². The first kappa shape index (κ1) is 17.7. The second-order valence-electron chi connectivity index (χ2n) is 4.20. The van der Waals surface area contributed by atoms with Gasteiger partial charge < -0.3 is 4.74 Å². The Morgan fingerprint density at radius 1 is 1.24 bits per heavy atom. The summed E-state index contributed by atoms with van der Waals surface area (Å²) in [5.41, 5.74) is 0.872. The topological polar surface area (TPSA) is 104 Å². The molecule has 0 fully saturated rings. The number of esters is 1. The van der Waals surface area contributed by atoms with Crippen molar-refractivity contribution in [2.24, 2.45) is 5.14 Å². The Kier molecular flexibility index (Phi) is 6.86. The number of hydrogen-bond donors (Lipinski definition) is 1. The molecule has 0 radical (unpaired) electrons. The van der Waals surface area contributed by atoms with Crippen molar-refractivity contribution in [2.75, 3.05) is 12.4 Å². The van der Waals surface area contributed by atoms with Crippen molar-refractivity contribution in [1.82, 2.24) is 0 Å². The molecule has 0 spiro atoms. The van der Waals surface area contributed by atoms with Crippen LogP contribution in [0.4, 0.5) is 0 Å². The molecule has 0 unspecified atom stereocenters. The van der Waals surface area contributed by atoms with Crippen LogP contribution >= 0.6 is 11.8 Å². The van der Waals surface area contributed by atoms with Crippen LogP contribution in [-0.4, -0.2) is 32.5 Å². The van der Waals surface area contributed by atoms with Crippen LogP contribution in [0, 0.1) is 0 Å². The van der Waals surface area contributed by atoms with Gasteiger partial charge in [0.25, 0.3) is 0 Å². The van der Waals surface area contributed by atoms with Crippen molar-refractivity contribution >= 4 is 33.5 Å². The molecule has 0 heterocycles. The van der Waals surface area contributed by atoms with Crippen LogP contribution in [0.5, 0.6) is 0 Å². The van der Waals surface area contributed by atoms with Gasteiger partial charge in [0.2, 0.25) is 10.0 Å². The SMILES string of the molecule is CCOC(=O)CC(=O)CSCc1ccc(S(N)(=O)=O)cc1. The quantitative estimate of drug-likeness (QED) is 0.565. The molecule has 0 saturated heterocycles. The summed E-state index contributed by atoms with van der Waals surface area (Å²) < 4.78 is 26.9. The average molecular weight is 331 g/mol. The van der Waals surface area contributed by atoms with Gasteiger partial charge in [-0.2, -0.15) is 0 Å². The molecule has 6 nitrogen and oxygen atoms in total. The van der Waals surface area contributed by atoms with E-state index < -0.39 is 16.0 Å². The number of primary sulfonamides is 1. The van der Waals surface area contributed by atoms with Gasteiger partial charge in [-0.15, -0.1) is 11.8 Å². The van der Waals surface area contributed by atoms with E-state index in [1.54, 1.807) is 19.1 Å². The van der Waals surface area contributed by atoms with E-state index in [-0.39, 0.29) is 29.5 Å². The molecule has 0 atom stereocenters. The Morgan fingerprint density at radius 3 is 2.38 bits per heavy atom. The summed E-state index contributed by atoms with van der Waals surface area (Å²) in [5.74, 6) is 0.0371. The van der Waals surface area contributed by atoms with Crippen LogP contribution in [0.3, 0.4) is 0 Å². The van der Waals surface area contributed by atoms with Gasteiger partial charge in [-0.3, -0.25) is 9.59 Å². The number of sulfonamides is 1. The Hall–Kier alpha value is -1.38. The largest absolute Gasteiger partial charge is 0.466 e. The lowest BCUT2D eigenvalue weighted by molar-refractivity contribution is -0.145. The summed E-state index contributed by atoms with van der Waals surface area (Å²) in [6, 6.07) is 6.13. The Bertz CT molecular complexity index is 595. The van der Waals surface area contributed by atoms with Gasteiger partial charge >= 0.3 is 5.97 Å².